The lowest BCUT2D eigenvalue weighted by Crippen LogP contribution is -2.20. The Bertz CT molecular complexity index is 996. The maximum absolute atomic E-state index is 12.0. The average molecular weight is 398 g/mol. The molecule has 0 unspecified atom stereocenters. The van der Waals surface area contributed by atoms with E-state index < -0.39 is 16.0 Å². The molecule has 3 rings (SSSR count). The number of sulfonamides is 1. The molecule has 1 aromatic heterocycles. The van der Waals surface area contributed by atoms with Gasteiger partial charge < -0.3 is 15.4 Å². The maximum atomic E-state index is 12.0. The SMILES string of the molecule is CNc1nc(Nc2ccc3c(c2)CS(=O)(=O)N3C)c(C(=O)OC)nc1Cl. The summed E-state index contributed by atoms with van der Waals surface area (Å²) in [5, 5.41) is 5.78. The largest absolute Gasteiger partial charge is 0.464 e. The van der Waals surface area contributed by atoms with E-state index in [4.69, 9.17) is 16.3 Å². The molecule has 0 saturated heterocycles. The molecule has 2 heterocycles. The number of fused-ring (bicyclic) bond motifs is 1. The van der Waals surface area contributed by atoms with E-state index in [1.165, 1.54) is 18.5 Å². The molecule has 26 heavy (non-hydrogen) atoms. The Labute approximate surface area is 155 Å². The molecule has 11 heteroatoms. The summed E-state index contributed by atoms with van der Waals surface area (Å²) in [7, 11) is 1.01. The fourth-order valence-corrected chi connectivity index (χ4v) is 4.08. The number of benzene rings is 1. The van der Waals surface area contributed by atoms with E-state index in [-0.39, 0.29) is 28.2 Å². The summed E-state index contributed by atoms with van der Waals surface area (Å²) in [6.45, 7) is 0. The molecule has 9 nitrogen and oxygen atoms in total. The molecule has 2 aromatic rings. The minimum Gasteiger partial charge on any atom is -0.464 e. The molecule has 0 saturated carbocycles. The molecule has 1 aliphatic rings. The van der Waals surface area contributed by atoms with Gasteiger partial charge in [0.15, 0.2) is 22.5 Å². The number of carbonyl (C=O) groups excluding carboxylic acids is 1. The second kappa shape index (κ2) is 6.61. The molecule has 0 fully saturated rings. The second-order valence-corrected chi connectivity index (χ2v) is 7.85. The third-order valence-corrected chi connectivity index (χ3v) is 5.88. The van der Waals surface area contributed by atoms with Crippen molar-refractivity contribution in [1.82, 2.24) is 9.97 Å². The molecule has 1 aliphatic heterocycles. The topological polar surface area (TPSA) is 114 Å². The number of nitrogens with zero attached hydrogens (tertiary/aromatic N) is 3. The summed E-state index contributed by atoms with van der Waals surface area (Å²) in [4.78, 5) is 20.2. The number of hydrogen-bond acceptors (Lipinski definition) is 8. The average Bonchev–Trinajstić information content (AvgIpc) is 2.84. The lowest BCUT2D eigenvalue weighted by atomic mass is 10.1. The number of aromatic nitrogens is 2. The number of hydrogen-bond donors (Lipinski definition) is 2. The highest BCUT2D eigenvalue weighted by molar-refractivity contribution is 7.92. The van der Waals surface area contributed by atoms with Crippen LogP contribution in [0.4, 0.5) is 23.0 Å². The van der Waals surface area contributed by atoms with Crippen LogP contribution in [0.5, 0.6) is 0 Å². The van der Waals surface area contributed by atoms with E-state index >= 15 is 0 Å². The Morgan fingerprint density at radius 3 is 2.69 bits per heavy atom. The van der Waals surface area contributed by atoms with Crippen molar-refractivity contribution in [3.05, 3.63) is 34.6 Å². The van der Waals surface area contributed by atoms with Crippen LogP contribution in [0.2, 0.25) is 5.15 Å². The summed E-state index contributed by atoms with van der Waals surface area (Å²) in [5.74, 6) is -0.371. The number of methoxy groups -OCH3 is 1. The number of halogens is 1. The monoisotopic (exact) mass is 397 g/mol. The lowest BCUT2D eigenvalue weighted by molar-refractivity contribution is 0.0595. The fraction of sp³-hybridized carbons (Fsp3) is 0.267. The number of carbonyl (C=O) groups is 1. The van der Waals surface area contributed by atoms with E-state index in [0.717, 1.165) is 0 Å². The van der Waals surface area contributed by atoms with Gasteiger partial charge in [0.05, 0.1) is 18.6 Å². The summed E-state index contributed by atoms with van der Waals surface area (Å²) < 4.78 is 29.9. The minimum absolute atomic E-state index is 0.0279. The zero-order chi connectivity index (χ0) is 19.1. The van der Waals surface area contributed by atoms with Crippen molar-refractivity contribution in [3.8, 4) is 0 Å². The van der Waals surface area contributed by atoms with Crippen molar-refractivity contribution in [2.24, 2.45) is 0 Å². The number of ether oxygens (including phenoxy) is 1. The normalized spacial score (nSPS) is 14.7. The molecular weight excluding hydrogens is 382 g/mol. The van der Waals surface area contributed by atoms with Crippen LogP contribution in [0.1, 0.15) is 16.1 Å². The van der Waals surface area contributed by atoms with Crippen LogP contribution in [-0.2, 0) is 20.5 Å². The van der Waals surface area contributed by atoms with Crippen LogP contribution < -0.4 is 14.9 Å². The van der Waals surface area contributed by atoms with Crippen molar-refractivity contribution >= 4 is 50.6 Å². The van der Waals surface area contributed by atoms with Crippen molar-refractivity contribution in [2.45, 2.75) is 5.75 Å². The summed E-state index contributed by atoms with van der Waals surface area (Å²) in [5.41, 5.74) is 1.73. The molecule has 0 atom stereocenters. The Balaban J connectivity index is 2.01. The highest BCUT2D eigenvalue weighted by Gasteiger charge is 2.30. The Hall–Kier alpha value is -2.59. The second-order valence-electron chi connectivity index (χ2n) is 5.49. The highest BCUT2D eigenvalue weighted by atomic mass is 35.5. The molecular formula is C15H16ClN5O4S. The first-order valence-corrected chi connectivity index (χ1v) is 9.45. The van der Waals surface area contributed by atoms with Gasteiger partial charge in [-0.2, -0.15) is 0 Å². The van der Waals surface area contributed by atoms with Gasteiger partial charge in [-0.15, -0.1) is 0 Å². The predicted octanol–water partition coefficient (Wildman–Crippen LogP) is 1.98. The maximum Gasteiger partial charge on any atom is 0.360 e. The Kier molecular flexibility index (Phi) is 4.63. The van der Waals surface area contributed by atoms with E-state index in [0.29, 0.717) is 16.9 Å². The first kappa shape index (κ1) is 18.2. The molecule has 0 spiro atoms. The van der Waals surface area contributed by atoms with Crippen molar-refractivity contribution in [2.75, 3.05) is 36.1 Å². The summed E-state index contributed by atoms with van der Waals surface area (Å²) in [6, 6.07) is 5.06. The van der Waals surface area contributed by atoms with Gasteiger partial charge in [0.1, 0.15) is 0 Å². The van der Waals surface area contributed by atoms with Gasteiger partial charge in [-0.25, -0.2) is 23.2 Å². The van der Waals surface area contributed by atoms with E-state index in [2.05, 4.69) is 20.6 Å². The number of rotatable bonds is 4. The smallest absolute Gasteiger partial charge is 0.360 e. The predicted molar refractivity (Wildman–Crippen MR) is 98.7 cm³/mol. The first-order valence-electron chi connectivity index (χ1n) is 7.47. The van der Waals surface area contributed by atoms with Gasteiger partial charge in [-0.05, 0) is 23.8 Å². The third kappa shape index (κ3) is 3.13. The lowest BCUT2D eigenvalue weighted by Gasteiger charge is -2.14. The van der Waals surface area contributed by atoms with Gasteiger partial charge in [0.25, 0.3) is 0 Å². The van der Waals surface area contributed by atoms with Crippen molar-refractivity contribution < 1.29 is 17.9 Å². The van der Waals surface area contributed by atoms with E-state index in [1.807, 2.05) is 0 Å². The van der Waals surface area contributed by atoms with Crippen LogP contribution in [0.15, 0.2) is 18.2 Å². The minimum atomic E-state index is -3.34. The van der Waals surface area contributed by atoms with Gasteiger partial charge in [0, 0.05) is 19.8 Å². The van der Waals surface area contributed by atoms with E-state index in [9.17, 15) is 13.2 Å². The highest BCUT2D eigenvalue weighted by Crippen LogP contribution is 2.35. The van der Waals surface area contributed by atoms with Gasteiger partial charge in [-0.3, -0.25) is 4.31 Å². The number of esters is 1. The van der Waals surface area contributed by atoms with Crippen molar-refractivity contribution in [3.63, 3.8) is 0 Å². The first-order chi connectivity index (χ1) is 12.3. The Morgan fingerprint density at radius 2 is 2.04 bits per heavy atom. The quantitative estimate of drug-likeness (QED) is 0.753. The van der Waals surface area contributed by atoms with Crippen LogP contribution >= 0.6 is 11.6 Å². The zero-order valence-electron chi connectivity index (χ0n) is 14.2. The zero-order valence-corrected chi connectivity index (χ0v) is 15.8. The molecule has 0 radical (unpaired) electrons. The molecule has 0 aliphatic carbocycles. The number of anilines is 4. The number of nitrogens with one attached hydrogen (secondary N) is 2. The molecule has 138 valence electrons. The summed E-state index contributed by atoms with van der Waals surface area (Å²) >= 11 is 5.99. The molecule has 2 N–H and O–H groups in total. The van der Waals surface area contributed by atoms with Crippen LogP contribution in [0.3, 0.4) is 0 Å². The van der Waals surface area contributed by atoms with Crippen LogP contribution in [-0.4, -0.2) is 45.6 Å². The van der Waals surface area contributed by atoms with Gasteiger partial charge in [0.2, 0.25) is 10.0 Å². The Morgan fingerprint density at radius 1 is 1.31 bits per heavy atom. The van der Waals surface area contributed by atoms with Gasteiger partial charge in [-0.1, -0.05) is 11.6 Å². The van der Waals surface area contributed by atoms with Gasteiger partial charge >= 0.3 is 5.97 Å². The van der Waals surface area contributed by atoms with Crippen molar-refractivity contribution in [1.29, 1.82) is 0 Å². The summed E-state index contributed by atoms with van der Waals surface area (Å²) in [6.07, 6.45) is 0. The van der Waals surface area contributed by atoms with Crippen LogP contribution in [0.25, 0.3) is 0 Å². The third-order valence-electron chi connectivity index (χ3n) is 3.91. The van der Waals surface area contributed by atoms with Crippen LogP contribution in [0, 0.1) is 0 Å². The molecule has 0 bridgehead atoms. The molecule has 1 aromatic carbocycles. The fourth-order valence-electron chi connectivity index (χ4n) is 2.57. The standard InChI is InChI=1S/C15H16ClN5O4S/c1-17-14-12(16)19-11(15(22)25-3)13(20-14)18-9-4-5-10-8(6-9)7-26(23,24)21(10)2/h4-6H,7H2,1-3H3,(H2,17,18,20). The van der Waals surface area contributed by atoms with E-state index in [1.54, 1.807) is 25.2 Å². The molecule has 0 amide bonds.